The summed E-state index contributed by atoms with van der Waals surface area (Å²) in [6, 6.07) is 14.6. The van der Waals surface area contributed by atoms with Gasteiger partial charge in [-0.05, 0) is 67.4 Å². The number of rotatable bonds is 9. The van der Waals surface area contributed by atoms with Gasteiger partial charge < -0.3 is 20.1 Å². The lowest BCUT2D eigenvalue weighted by Gasteiger charge is -2.21. The minimum atomic E-state index is -0.602. The molecule has 3 rings (SSSR count). The molecule has 1 saturated heterocycles. The molecule has 0 aromatic heterocycles. The van der Waals surface area contributed by atoms with Crippen molar-refractivity contribution in [3.05, 3.63) is 54.1 Å². The summed E-state index contributed by atoms with van der Waals surface area (Å²) in [7, 11) is 1.61. The molecule has 2 N–H and O–H groups in total. The lowest BCUT2D eigenvalue weighted by Crippen LogP contribution is -2.41. The minimum absolute atomic E-state index is 0.0644. The van der Waals surface area contributed by atoms with Crippen molar-refractivity contribution in [1.29, 1.82) is 0 Å². The zero-order valence-corrected chi connectivity index (χ0v) is 19.8. The van der Waals surface area contributed by atoms with Crippen LogP contribution in [0.5, 0.6) is 11.5 Å². The predicted octanol–water partition coefficient (Wildman–Crippen LogP) is 4.21. The molecule has 174 valence electrons. The number of carbonyl (C=O) groups is 2. The second kappa shape index (κ2) is 12.1. The molecule has 1 atom stereocenters. The summed E-state index contributed by atoms with van der Waals surface area (Å²) in [4.78, 5) is 24.9. The normalized spacial score (nSPS) is 17.4. The summed E-state index contributed by atoms with van der Waals surface area (Å²) in [5.74, 6) is 0.968. The van der Waals surface area contributed by atoms with Gasteiger partial charge in [-0.3, -0.25) is 9.59 Å². The van der Waals surface area contributed by atoms with Crippen LogP contribution in [0.25, 0.3) is 0 Å². The second-order valence-corrected chi connectivity index (χ2v) is 8.58. The quantitative estimate of drug-likeness (QED) is 0.326. The van der Waals surface area contributed by atoms with E-state index >= 15 is 0 Å². The van der Waals surface area contributed by atoms with Crippen molar-refractivity contribution in [3.8, 4) is 11.5 Å². The Labute approximate surface area is 197 Å². The fourth-order valence-corrected chi connectivity index (χ4v) is 3.87. The molecule has 2 aromatic carbocycles. The van der Waals surface area contributed by atoms with Crippen molar-refractivity contribution in [1.82, 2.24) is 5.32 Å². The van der Waals surface area contributed by atoms with Crippen LogP contribution in [-0.2, 0) is 9.59 Å². The molecule has 2 amide bonds. The van der Waals surface area contributed by atoms with Crippen LogP contribution < -0.4 is 20.1 Å². The molecule has 2 aromatic rings. The molecular formula is C24H28N4O4S. The van der Waals surface area contributed by atoms with Crippen molar-refractivity contribution in [2.45, 2.75) is 38.4 Å². The number of amidine groups is 1. The predicted molar refractivity (Wildman–Crippen MR) is 132 cm³/mol. The zero-order valence-electron chi connectivity index (χ0n) is 19.0. The molecule has 0 spiro atoms. The highest BCUT2D eigenvalue weighted by atomic mass is 32.2. The van der Waals surface area contributed by atoms with Crippen LogP contribution in [0.4, 0.5) is 5.69 Å². The van der Waals surface area contributed by atoms with Crippen LogP contribution in [0.3, 0.4) is 0 Å². The molecule has 1 fully saturated rings. The molecule has 0 unspecified atom stereocenters. The number of hydrogen-bond acceptors (Lipinski definition) is 7. The number of thioether (sulfide) groups is 1. The maximum absolute atomic E-state index is 12.7. The van der Waals surface area contributed by atoms with Gasteiger partial charge in [0.1, 0.15) is 16.7 Å². The number of unbranched alkanes of at least 4 members (excludes halogenated alkanes) is 1. The number of benzene rings is 2. The third-order valence-corrected chi connectivity index (χ3v) is 5.92. The molecule has 0 saturated carbocycles. The molecule has 1 aliphatic heterocycles. The summed E-state index contributed by atoms with van der Waals surface area (Å²) in [6.45, 7) is 4.59. The Morgan fingerprint density at radius 2 is 1.85 bits per heavy atom. The number of methoxy groups -OCH3 is 1. The van der Waals surface area contributed by atoms with Crippen LogP contribution in [0.15, 0.2) is 58.7 Å². The van der Waals surface area contributed by atoms with E-state index < -0.39 is 5.25 Å². The van der Waals surface area contributed by atoms with E-state index in [0.717, 1.165) is 29.9 Å². The first-order chi connectivity index (χ1) is 16.0. The highest BCUT2D eigenvalue weighted by Crippen LogP contribution is 2.23. The van der Waals surface area contributed by atoms with E-state index in [1.807, 2.05) is 43.3 Å². The van der Waals surface area contributed by atoms with Gasteiger partial charge in [0, 0.05) is 12.1 Å². The highest BCUT2D eigenvalue weighted by Gasteiger charge is 2.30. The van der Waals surface area contributed by atoms with Crippen molar-refractivity contribution in [3.63, 3.8) is 0 Å². The van der Waals surface area contributed by atoms with E-state index in [1.54, 1.807) is 19.2 Å². The fourth-order valence-electron chi connectivity index (χ4n) is 2.94. The Morgan fingerprint density at radius 1 is 1.15 bits per heavy atom. The van der Waals surface area contributed by atoms with Crippen LogP contribution in [0.2, 0.25) is 0 Å². The molecule has 0 aliphatic carbocycles. The Morgan fingerprint density at radius 3 is 2.52 bits per heavy atom. The molecule has 8 nitrogen and oxygen atoms in total. The first kappa shape index (κ1) is 24.3. The van der Waals surface area contributed by atoms with Gasteiger partial charge in [0.25, 0.3) is 0 Å². The maximum Gasteiger partial charge on any atom is 0.238 e. The number of hydrogen-bond donors (Lipinski definition) is 2. The summed E-state index contributed by atoms with van der Waals surface area (Å²) < 4.78 is 10.8. The van der Waals surface area contributed by atoms with Gasteiger partial charge in [-0.2, -0.15) is 5.10 Å². The Balaban J connectivity index is 1.60. The van der Waals surface area contributed by atoms with Gasteiger partial charge >= 0.3 is 0 Å². The summed E-state index contributed by atoms with van der Waals surface area (Å²) >= 11 is 1.18. The van der Waals surface area contributed by atoms with Crippen molar-refractivity contribution in [2.75, 3.05) is 19.0 Å². The second-order valence-electron chi connectivity index (χ2n) is 7.39. The number of nitrogens with one attached hydrogen (secondary N) is 2. The van der Waals surface area contributed by atoms with Crippen LogP contribution in [0, 0.1) is 0 Å². The van der Waals surface area contributed by atoms with Gasteiger partial charge in [-0.15, -0.1) is 5.10 Å². The maximum atomic E-state index is 12.7. The van der Waals surface area contributed by atoms with E-state index in [4.69, 9.17) is 9.47 Å². The monoisotopic (exact) mass is 468 g/mol. The van der Waals surface area contributed by atoms with E-state index in [9.17, 15) is 9.59 Å². The lowest BCUT2D eigenvalue weighted by molar-refractivity contribution is -0.123. The topological polar surface area (TPSA) is 101 Å². The summed E-state index contributed by atoms with van der Waals surface area (Å²) in [5, 5.41) is 13.6. The first-order valence-electron chi connectivity index (χ1n) is 10.8. The summed E-state index contributed by atoms with van der Waals surface area (Å²) in [6.07, 6.45) is 2.13. The summed E-state index contributed by atoms with van der Waals surface area (Å²) in [5.41, 5.74) is 2.19. The number of ether oxygens (including phenoxy) is 2. The molecule has 9 heteroatoms. The largest absolute Gasteiger partial charge is 0.497 e. The van der Waals surface area contributed by atoms with Crippen LogP contribution in [0.1, 0.15) is 38.7 Å². The van der Waals surface area contributed by atoms with E-state index in [1.165, 1.54) is 11.8 Å². The smallest absolute Gasteiger partial charge is 0.238 e. The molecule has 1 heterocycles. The van der Waals surface area contributed by atoms with Crippen LogP contribution in [-0.4, -0.2) is 41.7 Å². The van der Waals surface area contributed by atoms with Crippen molar-refractivity contribution < 1.29 is 19.1 Å². The Bertz CT molecular complexity index is 1020. The highest BCUT2D eigenvalue weighted by molar-refractivity contribution is 8.15. The average Bonchev–Trinajstić information content (AvgIpc) is 2.83. The third-order valence-electron chi connectivity index (χ3n) is 4.85. The van der Waals surface area contributed by atoms with E-state index in [-0.39, 0.29) is 18.2 Å². The van der Waals surface area contributed by atoms with Gasteiger partial charge in [0.2, 0.25) is 11.8 Å². The average molecular weight is 469 g/mol. The number of anilines is 1. The lowest BCUT2D eigenvalue weighted by atomic mass is 10.1. The first-order valence-corrected chi connectivity index (χ1v) is 11.6. The Kier molecular flexibility index (Phi) is 8.88. The number of amides is 2. The zero-order chi connectivity index (χ0) is 23.6. The number of nitrogens with zero attached hydrogens (tertiary/aromatic N) is 2. The van der Waals surface area contributed by atoms with Gasteiger partial charge in [0.15, 0.2) is 5.17 Å². The van der Waals surface area contributed by atoms with Crippen molar-refractivity contribution >= 4 is 40.1 Å². The van der Waals surface area contributed by atoms with E-state index in [0.29, 0.717) is 23.2 Å². The molecular weight excluding hydrogens is 440 g/mol. The molecule has 1 aliphatic rings. The van der Waals surface area contributed by atoms with Gasteiger partial charge in [-0.1, -0.05) is 25.1 Å². The minimum Gasteiger partial charge on any atom is -0.497 e. The molecule has 0 bridgehead atoms. The Hall–Kier alpha value is -3.33. The SMILES string of the molecule is CCCCOc1ccc(NC(=O)[C@H]2CC(=O)N/C(=N\N=C(\C)c3ccc(OC)cc3)S2)cc1. The van der Waals surface area contributed by atoms with Crippen molar-refractivity contribution in [2.24, 2.45) is 10.2 Å². The number of carbonyl (C=O) groups excluding carboxylic acids is 2. The van der Waals surface area contributed by atoms with Gasteiger partial charge in [-0.25, -0.2) is 0 Å². The standard InChI is InChI=1S/C24H28N4O4S/c1-4-5-14-32-20-12-8-18(9-13-20)25-23(30)21-15-22(29)26-24(33-21)28-27-16(2)17-6-10-19(31-3)11-7-17/h6-13,21H,4-5,14-15H2,1-3H3,(H,25,30)(H,26,28,29)/b27-16-/t21-/m1/s1. The molecule has 33 heavy (non-hydrogen) atoms. The fraction of sp³-hybridized carbons (Fsp3) is 0.333. The van der Waals surface area contributed by atoms with Crippen LogP contribution >= 0.6 is 11.8 Å². The van der Waals surface area contributed by atoms with E-state index in [2.05, 4.69) is 27.8 Å². The molecule has 0 radical (unpaired) electrons. The van der Waals surface area contributed by atoms with Gasteiger partial charge in [0.05, 0.1) is 19.4 Å². The third kappa shape index (κ3) is 7.35.